The minimum Gasteiger partial charge on any atom is -0.332 e. The summed E-state index contributed by atoms with van der Waals surface area (Å²) in [6, 6.07) is 11.1. The molecular formula is C19H15FN6OS2. The Morgan fingerprint density at radius 2 is 1.97 bits per heavy atom. The highest BCUT2D eigenvalue weighted by Crippen LogP contribution is 2.31. The van der Waals surface area contributed by atoms with Crippen LogP contribution in [0.1, 0.15) is 21.7 Å². The molecule has 0 saturated heterocycles. The van der Waals surface area contributed by atoms with Crippen LogP contribution < -0.4 is 10.6 Å². The number of rotatable bonds is 3. The molecule has 0 saturated carbocycles. The zero-order valence-electron chi connectivity index (χ0n) is 15.4. The average Bonchev–Trinajstić information content (AvgIpc) is 3.25. The Kier molecular flexibility index (Phi) is 5.03. The van der Waals surface area contributed by atoms with E-state index in [1.54, 1.807) is 4.52 Å². The van der Waals surface area contributed by atoms with Crippen molar-refractivity contribution in [3.05, 3.63) is 65.2 Å². The van der Waals surface area contributed by atoms with Gasteiger partial charge in [0.25, 0.3) is 5.91 Å². The molecule has 10 heteroatoms. The van der Waals surface area contributed by atoms with Gasteiger partial charge in [0.1, 0.15) is 10.8 Å². The summed E-state index contributed by atoms with van der Waals surface area (Å²) in [5.41, 5.74) is 2.76. The number of aromatic nitrogens is 4. The highest BCUT2D eigenvalue weighted by molar-refractivity contribution is 7.80. The molecule has 0 unspecified atom stereocenters. The molecule has 0 aliphatic carbocycles. The number of amides is 1. The van der Waals surface area contributed by atoms with Crippen LogP contribution in [-0.4, -0.2) is 30.8 Å². The van der Waals surface area contributed by atoms with Gasteiger partial charge < -0.3 is 5.32 Å². The lowest BCUT2D eigenvalue weighted by molar-refractivity contribution is 0.0977. The maximum Gasteiger partial charge on any atom is 0.257 e. The molecule has 1 amide bonds. The van der Waals surface area contributed by atoms with Crippen molar-refractivity contribution in [3.63, 3.8) is 0 Å². The lowest BCUT2D eigenvalue weighted by Gasteiger charge is -2.13. The summed E-state index contributed by atoms with van der Waals surface area (Å²) in [6.45, 7) is 3.78. The van der Waals surface area contributed by atoms with E-state index in [0.29, 0.717) is 4.96 Å². The number of nitrogens with one attached hydrogen (secondary N) is 2. The van der Waals surface area contributed by atoms with Crippen molar-refractivity contribution in [1.29, 1.82) is 0 Å². The van der Waals surface area contributed by atoms with Crippen molar-refractivity contribution < 1.29 is 9.18 Å². The minimum absolute atomic E-state index is 0.119. The highest BCUT2D eigenvalue weighted by Gasteiger charge is 2.15. The first-order chi connectivity index (χ1) is 13.9. The zero-order chi connectivity index (χ0) is 20.5. The number of aryl methyl sites for hydroxylation is 1. The molecule has 2 N–H and O–H groups in total. The maximum absolute atomic E-state index is 13.3. The molecule has 0 atom stereocenters. The van der Waals surface area contributed by atoms with E-state index < -0.39 is 11.7 Å². The van der Waals surface area contributed by atoms with E-state index in [-0.39, 0.29) is 10.7 Å². The third-order valence-corrected chi connectivity index (χ3v) is 5.41. The fourth-order valence-corrected chi connectivity index (χ4v) is 3.96. The second-order valence-electron chi connectivity index (χ2n) is 6.25. The Bertz CT molecular complexity index is 1250. The number of hydrogen-bond acceptors (Lipinski definition) is 6. The third-order valence-electron chi connectivity index (χ3n) is 4.27. The Hall–Kier alpha value is -3.24. The SMILES string of the molecule is Cc1c(NC(=S)NC(=O)c2cccc(F)c2)cccc1-c1nn2c(C)nnc2s1. The Balaban J connectivity index is 1.54. The molecular weight excluding hydrogens is 411 g/mol. The summed E-state index contributed by atoms with van der Waals surface area (Å²) in [4.78, 5) is 13.0. The van der Waals surface area contributed by atoms with E-state index in [2.05, 4.69) is 25.9 Å². The standard InChI is InChI=1S/C19H15FN6OS2/c1-10-14(17-25-26-11(2)23-24-19(26)29-17)7-4-8-15(10)21-18(28)22-16(27)12-5-3-6-13(20)9-12/h3-9H,1-2H3,(H2,21,22,27,28). The number of halogens is 1. The monoisotopic (exact) mass is 426 g/mol. The predicted molar refractivity (Wildman–Crippen MR) is 114 cm³/mol. The van der Waals surface area contributed by atoms with Crippen LogP contribution in [-0.2, 0) is 0 Å². The van der Waals surface area contributed by atoms with Crippen LogP contribution in [0.15, 0.2) is 42.5 Å². The van der Waals surface area contributed by atoms with E-state index in [4.69, 9.17) is 12.2 Å². The van der Waals surface area contributed by atoms with Crippen LogP contribution >= 0.6 is 23.6 Å². The van der Waals surface area contributed by atoms with Crippen LogP contribution in [0.2, 0.25) is 0 Å². The Morgan fingerprint density at radius 3 is 2.72 bits per heavy atom. The van der Waals surface area contributed by atoms with E-state index in [9.17, 15) is 9.18 Å². The second kappa shape index (κ2) is 7.64. The molecule has 0 aliphatic rings. The van der Waals surface area contributed by atoms with Gasteiger partial charge in [-0.15, -0.1) is 10.2 Å². The number of hydrogen-bond donors (Lipinski definition) is 2. The van der Waals surface area contributed by atoms with Crippen LogP contribution in [0.3, 0.4) is 0 Å². The second-order valence-corrected chi connectivity index (χ2v) is 7.61. The van der Waals surface area contributed by atoms with Crippen molar-refractivity contribution in [2.24, 2.45) is 0 Å². The van der Waals surface area contributed by atoms with Gasteiger partial charge in [0, 0.05) is 16.8 Å². The van der Waals surface area contributed by atoms with E-state index in [1.807, 2.05) is 32.0 Å². The van der Waals surface area contributed by atoms with Gasteiger partial charge in [0.05, 0.1) is 0 Å². The summed E-state index contributed by atoms with van der Waals surface area (Å²) in [6.07, 6.45) is 0. The van der Waals surface area contributed by atoms with Crippen LogP contribution in [0, 0.1) is 19.7 Å². The van der Waals surface area contributed by atoms with Gasteiger partial charge in [-0.2, -0.15) is 9.61 Å². The summed E-state index contributed by atoms with van der Waals surface area (Å²) in [7, 11) is 0. The van der Waals surface area contributed by atoms with E-state index >= 15 is 0 Å². The molecule has 2 heterocycles. The van der Waals surface area contributed by atoms with Crippen molar-refractivity contribution in [2.45, 2.75) is 13.8 Å². The first-order valence-electron chi connectivity index (χ1n) is 8.59. The maximum atomic E-state index is 13.3. The zero-order valence-corrected chi connectivity index (χ0v) is 17.1. The lowest BCUT2D eigenvalue weighted by atomic mass is 10.1. The van der Waals surface area contributed by atoms with Crippen LogP contribution in [0.25, 0.3) is 15.5 Å². The molecule has 0 fully saturated rings. The fourth-order valence-electron chi connectivity index (χ4n) is 2.78. The number of carbonyl (C=O) groups is 1. The average molecular weight is 427 g/mol. The molecule has 29 heavy (non-hydrogen) atoms. The first-order valence-corrected chi connectivity index (χ1v) is 9.81. The number of carbonyl (C=O) groups excluding carboxylic acids is 1. The molecule has 2 aromatic heterocycles. The van der Waals surface area contributed by atoms with Crippen molar-refractivity contribution in [2.75, 3.05) is 5.32 Å². The number of anilines is 1. The number of thiocarbonyl (C=S) groups is 1. The molecule has 7 nitrogen and oxygen atoms in total. The van der Waals surface area contributed by atoms with Gasteiger partial charge in [-0.25, -0.2) is 4.39 Å². The summed E-state index contributed by atoms with van der Waals surface area (Å²) >= 11 is 6.68. The van der Waals surface area contributed by atoms with Gasteiger partial charge in [0.15, 0.2) is 10.9 Å². The summed E-state index contributed by atoms with van der Waals surface area (Å²) in [5, 5.41) is 19.2. The van der Waals surface area contributed by atoms with Gasteiger partial charge in [-0.05, 0) is 55.9 Å². The quantitative estimate of drug-likeness (QED) is 0.486. The third kappa shape index (κ3) is 3.84. The Morgan fingerprint density at radius 1 is 1.17 bits per heavy atom. The number of fused-ring (bicyclic) bond motifs is 1. The molecule has 0 aliphatic heterocycles. The fraction of sp³-hybridized carbons (Fsp3) is 0.105. The van der Waals surface area contributed by atoms with Crippen LogP contribution in [0.4, 0.5) is 10.1 Å². The normalized spacial score (nSPS) is 10.9. The number of nitrogens with zero attached hydrogens (tertiary/aromatic N) is 4. The first kappa shape index (κ1) is 19.1. The van der Waals surface area contributed by atoms with Gasteiger partial charge in [-0.1, -0.05) is 29.5 Å². The number of benzene rings is 2. The lowest BCUT2D eigenvalue weighted by Crippen LogP contribution is -2.34. The van der Waals surface area contributed by atoms with Crippen molar-refractivity contribution >= 4 is 45.2 Å². The molecule has 4 rings (SSSR count). The van der Waals surface area contributed by atoms with E-state index in [0.717, 1.165) is 33.7 Å². The molecule has 146 valence electrons. The molecule has 0 spiro atoms. The van der Waals surface area contributed by atoms with Crippen molar-refractivity contribution in [1.82, 2.24) is 25.1 Å². The highest BCUT2D eigenvalue weighted by atomic mass is 32.1. The van der Waals surface area contributed by atoms with Gasteiger partial charge in [-0.3, -0.25) is 10.1 Å². The van der Waals surface area contributed by atoms with E-state index in [1.165, 1.54) is 29.5 Å². The predicted octanol–water partition coefficient (Wildman–Crippen LogP) is 3.74. The molecule has 0 bridgehead atoms. The van der Waals surface area contributed by atoms with Crippen molar-refractivity contribution in [3.8, 4) is 10.6 Å². The molecule has 0 radical (unpaired) electrons. The van der Waals surface area contributed by atoms with Gasteiger partial charge in [0.2, 0.25) is 4.96 Å². The molecule has 2 aromatic carbocycles. The summed E-state index contributed by atoms with van der Waals surface area (Å²) in [5.74, 6) is -0.254. The topological polar surface area (TPSA) is 84.2 Å². The largest absolute Gasteiger partial charge is 0.332 e. The Labute approximate surface area is 174 Å². The molecule has 4 aromatic rings. The minimum atomic E-state index is -0.486. The smallest absolute Gasteiger partial charge is 0.257 e. The van der Waals surface area contributed by atoms with Gasteiger partial charge >= 0.3 is 0 Å². The summed E-state index contributed by atoms with van der Waals surface area (Å²) < 4.78 is 15.0. The van der Waals surface area contributed by atoms with Crippen LogP contribution in [0.5, 0.6) is 0 Å².